The summed E-state index contributed by atoms with van der Waals surface area (Å²) in [6, 6.07) is 3.56. The summed E-state index contributed by atoms with van der Waals surface area (Å²) in [4.78, 5) is 4.06. The Bertz CT molecular complexity index is 445. The molecule has 0 amide bonds. The van der Waals surface area contributed by atoms with E-state index in [0.717, 1.165) is 0 Å². The lowest BCUT2D eigenvalue weighted by Gasteiger charge is -2.22. The molecule has 1 atom stereocenters. The molecule has 5 nitrogen and oxygen atoms in total. The van der Waals surface area contributed by atoms with Crippen molar-refractivity contribution < 1.29 is 5.11 Å². The molecule has 5 heteroatoms. The maximum atomic E-state index is 9.87. The molecule has 0 radical (unpaired) electrons. The van der Waals surface area contributed by atoms with E-state index in [2.05, 4.69) is 31.1 Å². The van der Waals surface area contributed by atoms with Crippen molar-refractivity contribution in [2.24, 2.45) is 5.41 Å². The number of rotatable bonds is 4. The van der Waals surface area contributed by atoms with Gasteiger partial charge in [0.2, 0.25) is 0 Å². The van der Waals surface area contributed by atoms with Crippen LogP contribution < -0.4 is 11.1 Å². The zero-order valence-electron chi connectivity index (χ0n) is 11.1. The normalized spacial score (nSPS) is 12.8. The number of aliphatic hydroxyl groups excluding tert-OH is 1. The number of nitrogen functional groups attached to an aromatic ring is 1. The lowest BCUT2D eigenvalue weighted by Crippen LogP contribution is -2.25. The fourth-order valence-electron chi connectivity index (χ4n) is 1.71. The van der Waals surface area contributed by atoms with E-state index in [0.29, 0.717) is 30.0 Å². The molecule has 0 saturated heterocycles. The fraction of sp³-hybridized carbons (Fsp3) is 0.538. The van der Waals surface area contributed by atoms with Crippen LogP contribution in [0.1, 0.15) is 32.8 Å². The molecule has 0 aliphatic rings. The molecule has 0 spiro atoms. The monoisotopic (exact) mass is 248 g/mol. The maximum absolute atomic E-state index is 9.87. The van der Waals surface area contributed by atoms with Crippen molar-refractivity contribution in [3.8, 4) is 6.07 Å². The number of nitriles is 1. The summed E-state index contributed by atoms with van der Waals surface area (Å²) in [6.07, 6.45) is 1.72. The molecule has 1 unspecified atom stereocenters. The van der Waals surface area contributed by atoms with Crippen LogP contribution in [0.2, 0.25) is 0 Å². The molecule has 0 aromatic carbocycles. The number of anilines is 2. The molecule has 0 bridgehead atoms. The smallest absolute Gasteiger partial charge is 0.150 e. The first-order valence-corrected chi connectivity index (χ1v) is 5.90. The van der Waals surface area contributed by atoms with Crippen LogP contribution in [0.3, 0.4) is 0 Å². The lowest BCUT2D eigenvalue weighted by molar-refractivity contribution is 0.132. The van der Waals surface area contributed by atoms with E-state index in [9.17, 15) is 5.11 Å². The zero-order valence-corrected chi connectivity index (χ0v) is 11.1. The van der Waals surface area contributed by atoms with Crippen LogP contribution in [-0.2, 0) is 0 Å². The zero-order chi connectivity index (χ0) is 13.8. The number of aromatic nitrogens is 1. The van der Waals surface area contributed by atoms with Gasteiger partial charge in [-0.1, -0.05) is 20.8 Å². The molecule has 0 fully saturated rings. The average molecular weight is 248 g/mol. The molecule has 1 heterocycles. The van der Waals surface area contributed by atoms with E-state index in [1.54, 1.807) is 6.07 Å². The van der Waals surface area contributed by atoms with Gasteiger partial charge in [-0.25, -0.2) is 4.98 Å². The molecular formula is C13H20N4O. The van der Waals surface area contributed by atoms with Crippen LogP contribution in [0.15, 0.2) is 12.3 Å². The van der Waals surface area contributed by atoms with E-state index in [1.165, 1.54) is 6.20 Å². The van der Waals surface area contributed by atoms with Crippen molar-refractivity contribution in [3.05, 3.63) is 17.8 Å². The van der Waals surface area contributed by atoms with Gasteiger partial charge in [-0.2, -0.15) is 5.26 Å². The topological polar surface area (TPSA) is 95.0 Å². The van der Waals surface area contributed by atoms with Gasteiger partial charge in [0.05, 0.1) is 17.4 Å². The second-order valence-corrected chi connectivity index (χ2v) is 5.53. The standard InChI is InChI=1S/C13H20N4O/c1-13(2,3)6-10(18)8-17-12-11(15)9(7-14)4-5-16-12/h4-5,10,18H,6,8,15H2,1-3H3,(H,16,17). The highest BCUT2D eigenvalue weighted by atomic mass is 16.3. The van der Waals surface area contributed by atoms with Gasteiger partial charge in [0.25, 0.3) is 0 Å². The average Bonchev–Trinajstić information content (AvgIpc) is 2.25. The van der Waals surface area contributed by atoms with E-state index < -0.39 is 6.10 Å². The van der Waals surface area contributed by atoms with Crippen LogP contribution in [0.5, 0.6) is 0 Å². The first-order valence-electron chi connectivity index (χ1n) is 5.90. The van der Waals surface area contributed by atoms with Gasteiger partial charge < -0.3 is 16.2 Å². The number of nitrogens with two attached hydrogens (primary N) is 1. The summed E-state index contributed by atoms with van der Waals surface area (Å²) < 4.78 is 0. The Hall–Kier alpha value is -1.80. The van der Waals surface area contributed by atoms with E-state index >= 15 is 0 Å². The molecule has 0 saturated carbocycles. The molecule has 1 aromatic heterocycles. The Morgan fingerprint density at radius 3 is 2.78 bits per heavy atom. The highest BCUT2D eigenvalue weighted by Crippen LogP contribution is 2.22. The van der Waals surface area contributed by atoms with Gasteiger partial charge in [-0.3, -0.25) is 0 Å². The third kappa shape index (κ3) is 4.22. The SMILES string of the molecule is CC(C)(C)CC(O)CNc1nccc(C#N)c1N. The minimum absolute atomic E-state index is 0.0641. The summed E-state index contributed by atoms with van der Waals surface area (Å²) in [7, 11) is 0. The van der Waals surface area contributed by atoms with Crippen molar-refractivity contribution >= 4 is 11.5 Å². The van der Waals surface area contributed by atoms with Crippen LogP contribution in [-0.4, -0.2) is 22.7 Å². The Labute approximate surface area is 108 Å². The van der Waals surface area contributed by atoms with Crippen LogP contribution in [0.25, 0.3) is 0 Å². The number of hydrogen-bond acceptors (Lipinski definition) is 5. The van der Waals surface area contributed by atoms with Crippen molar-refractivity contribution in [2.45, 2.75) is 33.3 Å². The summed E-state index contributed by atoms with van der Waals surface area (Å²) in [5.41, 5.74) is 6.55. The van der Waals surface area contributed by atoms with Crippen molar-refractivity contribution in [1.29, 1.82) is 5.26 Å². The number of pyridine rings is 1. The van der Waals surface area contributed by atoms with Gasteiger partial charge in [-0.05, 0) is 17.9 Å². The van der Waals surface area contributed by atoms with E-state index in [-0.39, 0.29) is 5.41 Å². The Morgan fingerprint density at radius 2 is 2.22 bits per heavy atom. The quantitative estimate of drug-likeness (QED) is 0.754. The van der Waals surface area contributed by atoms with Crippen molar-refractivity contribution in [3.63, 3.8) is 0 Å². The molecule has 4 N–H and O–H groups in total. The second-order valence-electron chi connectivity index (χ2n) is 5.53. The number of nitrogens with one attached hydrogen (secondary N) is 1. The third-order valence-electron chi connectivity index (χ3n) is 2.46. The van der Waals surface area contributed by atoms with Crippen LogP contribution in [0.4, 0.5) is 11.5 Å². The van der Waals surface area contributed by atoms with Crippen LogP contribution >= 0.6 is 0 Å². The van der Waals surface area contributed by atoms with Gasteiger partial charge in [0.15, 0.2) is 5.82 Å². The Balaban J connectivity index is 2.62. The van der Waals surface area contributed by atoms with Crippen molar-refractivity contribution in [2.75, 3.05) is 17.6 Å². The third-order valence-corrected chi connectivity index (χ3v) is 2.46. The number of hydrogen-bond donors (Lipinski definition) is 3. The predicted molar refractivity (Wildman–Crippen MR) is 71.9 cm³/mol. The van der Waals surface area contributed by atoms with Crippen LogP contribution in [0, 0.1) is 16.7 Å². The highest BCUT2D eigenvalue weighted by molar-refractivity contribution is 5.68. The number of nitrogens with zero attached hydrogens (tertiary/aromatic N) is 2. The first kappa shape index (κ1) is 14.3. The predicted octanol–water partition coefficient (Wildman–Crippen LogP) is 1.74. The Morgan fingerprint density at radius 1 is 1.56 bits per heavy atom. The summed E-state index contributed by atoms with van der Waals surface area (Å²) in [6.45, 7) is 6.57. The van der Waals surface area contributed by atoms with E-state index in [1.807, 2.05) is 6.07 Å². The molecular weight excluding hydrogens is 228 g/mol. The minimum atomic E-state index is -0.475. The molecule has 0 aliphatic carbocycles. The molecule has 1 aromatic rings. The van der Waals surface area contributed by atoms with Gasteiger partial charge >= 0.3 is 0 Å². The lowest BCUT2D eigenvalue weighted by atomic mass is 9.89. The maximum Gasteiger partial charge on any atom is 0.150 e. The minimum Gasteiger partial charge on any atom is -0.395 e. The summed E-state index contributed by atoms with van der Waals surface area (Å²) in [5.74, 6) is 0.446. The summed E-state index contributed by atoms with van der Waals surface area (Å²) >= 11 is 0. The van der Waals surface area contributed by atoms with Gasteiger partial charge in [0, 0.05) is 12.7 Å². The molecule has 18 heavy (non-hydrogen) atoms. The largest absolute Gasteiger partial charge is 0.395 e. The molecule has 1 rings (SSSR count). The molecule has 0 aliphatic heterocycles. The second kappa shape index (κ2) is 5.69. The Kier molecular flexibility index (Phi) is 4.51. The first-order chi connectivity index (χ1) is 8.33. The fourth-order valence-corrected chi connectivity index (χ4v) is 1.71. The van der Waals surface area contributed by atoms with Gasteiger partial charge in [-0.15, -0.1) is 0 Å². The van der Waals surface area contributed by atoms with Gasteiger partial charge in [0.1, 0.15) is 6.07 Å². The summed E-state index contributed by atoms with van der Waals surface area (Å²) in [5, 5.41) is 21.7. The number of aliphatic hydroxyl groups is 1. The highest BCUT2D eigenvalue weighted by Gasteiger charge is 2.17. The van der Waals surface area contributed by atoms with Crippen molar-refractivity contribution in [1.82, 2.24) is 4.98 Å². The van der Waals surface area contributed by atoms with E-state index in [4.69, 9.17) is 11.0 Å². The molecule has 98 valence electrons.